The smallest absolute Gasteiger partial charge is 0.321 e. The first-order valence-electron chi connectivity index (χ1n) is 9.35. The van der Waals surface area contributed by atoms with E-state index in [1.807, 2.05) is 12.1 Å². The van der Waals surface area contributed by atoms with Crippen molar-refractivity contribution >= 4 is 29.2 Å². The van der Waals surface area contributed by atoms with E-state index in [0.717, 1.165) is 25.9 Å². The minimum Gasteiger partial charge on any atom is -0.358 e. The van der Waals surface area contributed by atoms with Gasteiger partial charge in [-0.2, -0.15) is 0 Å². The second-order valence-electron chi connectivity index (χ2n) is 7.07. The lowest BCUT2D eigenvalue weighted by Gasteiger charge is -2.40. The molecule has 1 heterocycles. The summed E-state index contributed by atoms with van der Waals surface area (Å²) in [5, 5.41) is 6.31. The maximum absolute atomic E-state index is 12.5. The minimum atomic E-state index is -0.121. The average Bonchev–Trinajstić information content (AvgIpc) is 3.16. The van der Waals surface area contributed by atoms with Gasteiger partial charge in [0.1, 0.15) is 0 Å². The molecule has 142 valence electrons. The van der Waals surface area contributed by atoms with Crippen molar-refractivity contribution in [1.29, 1.82) is 0 Å². The molecule has 0 aromatic heterocycles. The van der Waals surface area contributed by atoms with E-state index in [9.17, 15) is 9.59 Å². The van der Waals surface area contributed by atoms with Gasteiger partial charge in [-0.1, -0.05) is 30.5 Å². The van der Waals surface area contributed by atoms with E-state index in [1.165, 1.54) is 12.8 Å². The molecule has 1 saturated carbocycles. The van der Waals surface area contributed by atoms with Crippen molar-refractivity contribution in [3.63, 3.8) is 0 Å². The van der Waals surface area contributed by atoms with Crippen LogP contribution < -0.4 is 10.6 Å². The number of nitrogens with one attached hydrogen (secondary N) is 2. The number of anilines is 1. The van der Waals surface area contributed by atoms with Crippen molar-refractivity contribution in [2.45, 2.75) is 31.7 Å². The predicted octanol–water partition coefficient (Wildman–Crippen LogP) is 2.79. The molecular weight excluding hydrogens is 352 g/mol. The zero-order valence-corrected chi connectivity index (χ0v) is 16.0. The Kier molecular flexibility index (Phi) is 6.38. The third-order valence-corrected chi connectivity index (χ3v) is 5.67. The molecule has 0 bridgehead atoms. The van der Waals surface area contributed by atoms with Crippen molar-refractivity contribution < 1.29 is 9.59 Å². The van der Waals surface area contributed by atoms with Crippen molar-refractivity contribution in [1.82, 2.24) is 15.1 Å². The Morgan fingerprint density at radius 1 is 1.15 bits per heavy atom. The number of piperazine rings is 1. The van der Waals surface area contributed by atoms with Crippen molar-refractivity contribution in [3.05, 3.63) is 29.3 Å². The lowest BCUT2D eigenvalue weighted by Crippen LogP contribution is -2.58. The molecule has 2 fully saturated rings. The molecule has 0 unspecified atom stereocenters. The lowest BCUT2D eigenvalue weighted by molar-refractivity contribution is -0.128. The number of rotatable bonds is 4. The van der Waals surface area contributed by atoms with Gasteiger partial charge < -0.3 is 15.5 Å². The highest BCUT2D eigenvalue weighted by Gasteiger charge is 2.36. The molecule has 26 heavy (non-hydrogen) atoms. The number of benzene rings is 1. The molecule has 2 aliphatic rings. The fourth-order valence-corrected chi connectivity index (χ4v) is 4.26. The lowest BCUT2D eigenvalue weighted by atomic mass is 9.95. The number of urea groups is 1. The summed E-state index contributed by atoms with van der Waals surface area (Å²) in [7, 11) is 1.71. The molecule has 3 amide bonds. The Labute approximate surface area is 159 Å². The number of carbonyl (C=O) groups excluding carboxylic acids is 2. The largest absolute Gasteiger partial charge is 0.358 e. The Hall–Kier alpha value is -1.79. The normalized spacial score (nSPS) is 20.0. The van der Waals surface area contributed by atoms with Crippen LogP contribution in [0, 0.1) is 5.92 Å². The molecule has 1 atom stereocenters. The van der Waals surface area contributed by atoms with Crippen molar-refractivity contribution in [2.24, 2.45) is 5.92 Å². The number of hydrogen-bond donors (Lipinski definition) is 2. The van der Waals surface area contributed by atoms with Gasteiger partial charge in [-0.15, -0.1) is 0 Å². The molecule has 1 aromatic rings. The Morgan fingerprint density at radius 2 is 1.85 bits per heavy atom. The summed E-state index contributed by atoms with van der Waals surface area (Å²) in [4.78, 5) is 29.0. The first-order valence-corrected chi connectivity index (χ1v) is 9.73. The number of halogens is 1. The molecule has 1 aromatic carbocycles. The van der Waals surface area contributed by atoms with Gasteiger partial charge in [0.15, 0.2) is 0 Å². The van der Waals surface area contributed by atoms with Crippen LogP contribution in [-0.2, 0) is 4.79 Å². The Morgan fingerprint density at radius 3 is 2.46 bits per heavy atom. The van der Waals surface area contributed by atoms with Crippen molar-refractivity contribution in [2.75, 3.05) is 38.5 Å². The summed E-state index contributed by atoms with van der Waals surface area (Å²) in [5.74, 6) is 0.538. The fourth-order valence-electron chi connectivity index (χ4n) is 4.07. The summed E-state index contributed by atoms with van der Waals surface area (Å²) in [5.41, 5.74) is 0.694. The van der Waals surface area contributed by atoms with Crippen LogP contribution in [0.15, 0.2) is 24.3 Å². The summed E-state index contributed by atoms with van der Waals surface area (Å²) < 4.78 is 0. The number of carbonyl (C=O) groups is 2. The third-order valence-electron chi connectivity index (χ3n) is 5.43. The second kappa shape index (κ2) is 8.73. The van der Waals surface area contributed by atoms with E-state index in [4.69, 9.17) is 11.6 Å². The van der Waals surface area contributed by atoms with Crippen LogP contribution in [0.1, 0.15) is 25.7 Å². The van der Waals surface area contributed by atoms with E-state index in [2.05, 4.69) is 15.5 Å². The highest BCUT2D eigenvalue weighted by molar-refractivity contribution is 6.30. The molecule has 1 saturated heterocycles. The summed E-state index contributed by atoms with van der Waals surface area (Å²) in [6.45, 7) is 2.67. The molecule has 3 rings (SSSR count). The molecule has 7 heteroatoms. The molecule has 0 spiro atoms. The monoisotopic (exact) mass is 378 g/mol. The molecular formula is C19H27ClN4O2. The van der Waals surface area contributed by atoms with Gasteiger partial charge in [0, 0.05) is 43.9 Å². The average molecular weight is 379 g/mol. The van der Waals surface area contributed by atoms with E-state index >= 15 is 0 Å². The van der Waals surface area contributed by atoms with Gasteiger partial charge >= 0.3 is 6.03 Å². The molecule has 1 aliphatic heterocycles. The van der Waals surface area contributed by atoms with Crippen LogP contribution in [0.25, 0.3) is 0 Å². The quantitative estimate of drug-likeness (QED) is 0.846. The third kappa shape index (κ3) is 4.48. The van der Waals surface area contributed by atoms with Crippen molar-refractivity contribution in [3.8, 4) is 0 Å². The van der Waals surface area contributed by atoms with Crippen LogP contribution >= 0.6 is 11.6 Å². The fraction of sp³-hybridized carbons (Fsp3) is 0.579. The summed E-state index contributed by atoms with van der Waals surface area (Å²) in [6.07, 6.45) is 4.65. The molecule has 2 N–H and O–H groups in total. The van der Waals surface area contributed by atoms with Crippen LogP contribution in [-0.4, -0.2) is 61.0 Å². The van der Waals surface area contributed by atoms with E-state index in [1.54, 1.807) is 24.1 Å². The number of hydrogen-bond acceptors (Lipinski definition) is 3. The maximum atomic E-state index is 12.5. The van der Waals surface area contributed by atoms with Crippen LogP contribution in [0.2, 0.25) is 5.02 Å². The van der Waals surface area contributed by atoms with Gasteiger partial charge in [-0.25, -0.2) is 4.79 Å². The first-order chi connectivity index (χ1) is 12.6. The zero-order chi connectivity index (χ0) is 18.5. The number of nitrogens with zero attached hydrogens (tertiary/aromatic N) is 2. The van der Waals surface area contributed by atoms with Gasteiger partial charge in [0.25, 0.3) is 0 Å². The van der Waals surface area contributed by atoms with Gasteiger partial charge in [-0.3, -0.25) is 9.69 Å². The van der Waals surface area contributed by atoms with E-state index in [0.29, 0.717) is 29.7 Å². The standard InChI is InChI=1S/C19H27ClN4O2/c1-21-18(25)17(14-5-2-3-6-14)23-9-11-24(12-10-23)19(26)22-16-8-4-7-15(20)13-16/h4,7-8,13-14,17H,2-3,5-6,9-12H2,1H3,(H,21,25)(H,22,26)/t17-/m0/s1. The second-order valence-corrected chi connectivity index (χ2v) is 7.50. The highest BCUT2D eigenvalue weighted by Crippen LogP contribution is 2.31. The van der Waals surface area contributed by atoms with E-state index in [-0.39, 0.29) is 18.0 Å². The summed E-state index contributed by atoms with van der Waals surface area (Å²) in [6, 6.07) is 6.95. The van der Waals surface area contributed by atoms with Gasteiger partial charge in [-0.05, 0) is 37.0 Å². The molecule has 6 nitrogen and oxygen atoms in total. The Balaban J connectivity index is 1.57. The molecule has 1 aliphatic carbocycles. The Bertz CT molecular complexity index is 640. The van der Waals surface area contributed by atoms with Gasteiger partial charge in [0.05, 0.1) is 6.04 Å². The van der Waals surface area contributed by atoms with Gasteiger partial charge in [0.2, 0.25) is 5.91 Å². The first kappa shape index (κ1) is 19.0. The maximum Gasteiger partial charge on any atom is 0.321 e. The number of likely N-dealkylation sites (N-methyl/N-ethyl adjacent to an activating group) is 1. The zero-order valence-electron chi connectivity index (χ0n) is 15.2. The number of amides is 3. The SMILES string of the molecule is CNC(=O)[C@H](C1CCCC1)N1CCN(C(=O)Nc2cccc(Cl)c2)CC1. The summed E-state index contributed by atoms with van der Waals surface area (Å²) >= 11 is 5.96. The highest BCUT2D eigenvalue weighted by atomic mass is 35.5. The van der Waals surface area contributed by atoms with Crippen LogP contribution in [0.5, 0.6) is 0 Å². The van der Waals surface area contributed by atoms with E-state index < -0.39 is 0 Å². The van der Waals surface area contributed by atoms with Crippen LogP contribution in [0.3, 0.4) is 0 Å². The van der Waals surface area contributed by atoms with Crippen LogP contribution in [0.4, 0.5) is 10.5 Å². The minimum absolute atomic E-state index is 0.0689. The molecule has 0 radical (unpaired) electrons. The predicted molar refractivity (Wildman–Crippen MR) is 103 cm³/mol. The topological polar surface area (TPSA) is 64.7 Å².